The van der Waals surface area contributed by atoms with E-state index in [0.717, 1.165) is 26.9 Å². The van der Waals surface area contributed by atoms with Gasteiger partial charge in [-0.05, 0) is 51.5 Å². The maximum atomic E-state index is 12.0. The number of aryl methyl sites for hydroxylation is 1. The van der Waals surface area contributed by atoms with Crippen LogP contribution in [0.1, 0.15) is 43.3 Å². The van der Waals surface area contributed by atoms with E-state index in [9.17, 15) is 4.79 Å². The minimum Gasteiger partial charge on any atom is -0.497 e. The first-order valence-corrected chi connectivity index (χ1v) is 8.89. The standard InChI is InChI=1S/C18H25N3O2S/c1-11(19)5-10-16(22)20-12(2)17-13(3)21-18(24-17)14-6-8-15(23-4)9-7-14/h6-9,11-12H,5,10,19H2,1-4H3,(H,20,22). The second-order valence-electron chi connectivity index (χ2n) is 6.00. The molecule has 1 heterocycles. The molecule has 2 unspecified atom stereocenters. The lowest BCUT2D eigenvalue weighted by Gasteiger charge is -2.13. The molecule has 0 aliphatic carbocycles. The average Bonchev–Trinajstić information content (AvgIpc) is 2.95. The molecule has 24 heavy (non-hydrogen) atoms. The van der Waals surface area contributed by atoms with Gasteiger partial charge >= 0.3 is 0 Å². The van der Waals surface area contributed by atoms with E-state index < -0.39 is 0 Å². The van der Waals surface area contributed by atoms with Crippen LogP contribution in [-0.2, 0) is 4.79 Å². The number of aromatic nitrogens is 1. The Hall–Kier alpha value is -1.92. The van der Waals surface area contributed by atoms with Gasteiger partial charge in [0, 0.05) is 18.0 Å². The summed E-state index contributed by atoms with van der Waals surface area (Å²) in [5.41, 5.74) is 7.69. The summed E-state index contributed by atoms with van der Waals surface area (Å²) in [7, 11) is 1.65. The van der Waals surface area contributed by atoms with E-state index in [4.69, 9.17) is 10.5 Å². The van der Waals surface area contributed by atoms with Crippen molar-refractivity contribution in [1.29, 1.82) is 0 Å². The van der Waals surface area contributed by atoms with Gasteiger partial charge in [0.1, 0.15) is 10.8 Å². The fourth-order valence-corrected chi connectivity index (χ4v) is 3.48. The van der Waals surface area contributed by atoms with Gasteiger partial charge in [-0.1, -0.05) is 0 Å². The fourth-order valence-electron chi connectivity index (χ4n) is 2.40. The molecule has 1 aromatic carbocycles. The summed E-state index contributed by atoms with van der Waals surface area (Å²) >= 11 is 1.61. The van der Waals surface area contributed by atoms with Crippen molar-refractivity contribution in [2.24, 2.45) is 5.73 Å². The number of ether oxygens (including phenoxy) is 1. The van der Waals surface area contributed by atoms with Crippen LogP contribution in [-0.4, -0.2) is 24.0 Å². The molecular formula is C18H25N3O2S. The zero-order valence-electron chi connectivity index (χ0n) is 14.6. The van der Waals surface area contributed by atoms with Gasteiger partial charge in [-0.3, -0.25) is 4.79 Å². The number of hydrogen-bond acceptors (Lipinski definition) is 5. The summed E-state index contributed by atoms with van der Waals surface area (Å²) in [6, 6.07) is 7.81. The lowest BCUT2D eigenvalue weighted by atomic mass is 10.1. The molecule has 6 heteroatoms. The number of nitrogens with zero attached hydrogens (tertiary/aromatic N) is 1. The zero-order valence-corrected chi connectivity index (χ0v) is 15.4. The molecule has 0 aliphatic heterocycles. The van der Waals surface area contributed by atoms with E-state index in [1.54, 1.807) is 18.4 Å². The number of thiazole rings is 1. The van der Waals surface area contributed by atoms with Crippen LogP contribution >= 0.6 is 11.3 Å². The molecule has 2 rings (SSSR count). The van der Waals surface area contributed by atoms with Crippen molar-refractivity contribution >= 4 is 17.2 Å². The number of nitrogens with two attached hydrogens (primary N) is 1. The van der Waals surface area contributed by atoms with Crippen LogP contribution < -0.4 is 15.8 Å². The summed E-state index contributed by atoms with van der Waals surface area (Å²) < 4.78 is 5.18. The monoisotopic (exact) mass is 347 g/mol. The van der Waals surface area contributed by atoms with Crippen LogP contribution in [0.15, 0.2) is 24.3 Å². The van der Waals surface area contributed by atoms with E-state index in [0.29, 0.717) is 12.8 Å². The number of nitrogens with one attached hydrogen (secondary N) is 1. The van der Waals surface area contributed by atoms with Gasteiger partial charge in [-0.2, -0.15) is 0 Å². The Labute approximate surface area is 147 Å². The van der Waals surface area contributed by atoms with Crippen LogP contribution in [0.2, 0.25) is 0 Å². The normalized spacial score (nSPS) is 13.4. The molecular weight excluding hydrogens is 322 g/mol. The maximum Gasteiger partial charge on any atom is 0.220 e. The number of rotatable bonds is 7. The Morgan fingerprint density at radius 3 is 2.58 bits per heavy atom. The molecule has 3 N–H and O–H groups in total. The quantitative estimate of drug-likeness (QED) is 0.804. The number of methoxy groups -OCH3 is 1. The SMILES string of the molecule is COc1ccc(-c2nc(C)c(C(C)NC(=O)CCC(C)N)s2)cc1. The van der Waals surface area contributed by atoms with E-state index >= 15 is 0 Å². The first kappa shape index (κ1) is 18.4. The third-order valence-corrected chi connectivity index (χ3v) is 5.16. The topological polar surface area (TPSA) is 77.2 Å². The molecule has 0 spiro atoms. The van der Waals surface area contributed by atoms with Crippen LogP contribution in [0.25, 0.3) is 10.6 Å². The third kappa shape index (κ3) is 4.79. The third-order valence-electron chi connectivity index (χ3n) is 3.77. The molecule has 0 saturated heterocycles. The Morgan fingerprint density at radius 1 is 1.33 bits per heavy atom. The summed E-state index contributed by atoms with van der Waals surface area (Å²) in [5, 5.41) is 3.98. The second-order valence-corrected chi connectivity index (χ2v) is 7.03. The van der Waals surface area contributed by atoms with Crippen molar-refractivity contribution < 1.29 is 9.53 Å². The molecule has 0 aliphatic rings. The van der Waals surface area contributed by atoms with Crippen molar-refractivity contribution in [3.63, 3.8) is 0 Å². The highest BCUT2D eigenvalue weighted by molar-refractivity contribution is 7.15. The zero-order chi connectivity index (χ0) is 17.7. The molecule has 0 saturated carbocycles. The lowest BCUT2D eigenvalue weighted by Crippen LogP contribution is -2.28. The highest BCUT2D eigenvalue weighted by Gasteiger charge is 2.17. The summed E-state index contributed by atoms with van der Waals surface area (Å²) in [5.74, 6) is 0.848. The minimum absolute atomic E-state index is 0.0265. The fraction of sp³-hybridized carbons (Fsp3) is 0.444. The van der Waals surface area contributed by atoms with Gasteiger partial charge < -0.3 is 15.8 Å². The lowest BCUT2D eigenvalue weighted by molar-refractivity contribution is -0.121. The molecule has 1 aromatic heterocycles. The Kier molecular flexibility index (Phi) is 6.34. The molecule has 0 fully saturated rings. The van der Waals surface area contributed by atoms with Crippen molar-refractivity contribution in [2.75, 3.05) is 7.11 Å². The van der Waals surface area contributed by atoms with Crippen LogP contribution in [0.5, 0.6) is 5.75 Å². The van der Waals surface area contributed by atoms with Crippen molar-refractivity contribution in [3.8, 4) is 16.3 Å². The Morgan fingerprint density at radius 2 is 2.00 bits per heavy atom. The van der Waals surface area contributed by atoms with Crippen LogP contribution in [0.4, 0.5) is 0 Å². The molecule has 2 atom stereocenters. The van der Waals surface area contributed by atoms with Crippen molar-refractivity contribution in [3.05, 3.63) is 34.8 Å². The van der Waals surface area contributed by atoms with E-state index in [2.05, 4.69) is 10.3 Å². The van der Waals surface area contributed by atoms with E-state index in [1.807, 2.05) is 45.0 Å². The molecule has 0 bridgehead atoms. The Balaban J connectivity index is 2.08. The second kappa shape index (κ2) is 8.26. The highest BCUT2D eigenvalue weighted by atomic mass is 32.1. The van der Waals surface area contributed by atoms with Gasteiger partial charge in [-0.25, -0.2) is 4.98 Å². The van der Waals surface area contributed by atoms with Gasteiger partial charge in [0.05, 0.1) is 23.7 Å². The summed E-state index contributed by atoms with van der Waals surface area (Å²) in [4.78, 5) is 17.7. The van der Waals surface area contributed by atoms with Gasteiger partial charge in [0.2, 0.25) is 5.91 Å². The molecule has 2 aromatic rings. The largest absolute Gasteiger partial charge is 0.497 e. The Bertz CT molecular complexity index is 680. The molecule has 1 amide bonds. The van der Waals surface area contributed by atoms with Crippen molar-refractivity contribution in [2.45, 2.75) is 45.7 Å². The van der Waals surface area contributed by atoms with Gasteiger partial charge in [0.15, 0.2) is 0 Å². The van der Waals surface area contributed by atoms with Gasteiger partial charge in [0.25, 0.3) is 0 Å². The molecule has 5 nitrogen and oxygen atoms in total. The summed E-state index contributed by atoms with van der Waals surface area (Å²) in [6.45, 7) is 5.87. The average molecular weight is 347 g/mol. The van der Waals surface area contributed by atoms with E-state index in [-0.39, 0.29) is 18.0 Å². The van der Waals surface area contributed by atoms with Gasteiger partial charge in [-0.15, -0.1) is 11.3 Å². The predicted octanol–water partition coefficient (Wildman–Crippen LogP) is 3.43. The number of carbonyl (C=O) groups excluding carboxylic acids is 1. The molecule has 0 radical (unpaired) electrons. The van der Waals surface area contributed by atoms with Crippen LogP contribution in [0, 0.1) is 6.92 Å². The van der Waals surface area contributed by atoms with Crippen LogP contribution in [0.3, 0.4) is 0 Å². The minimum atomic E-state index is -0.0601. The summed E-state index contributed by atoms with van der Waals surface area (Å²) in [6.07, 6.45) is 1.14. The first-order valence-electron chi connectivity index (χ1n) is 8.07. The molecule has 130 valence electrons. The predicted molar refractivity (Wildman–Crippen MR) is 98.3 cm³/mol. The maximum absolute atomic E-state index is 12.0. The first-order chi connectivity index (χ1) is 11.4. The smallest absolute Gasteiger partial charge is 0.220 e. The highest BCUT2D eigenvalue weighted by Crippen LogP contribution is 2.32. The van der Waals surface area contributed by atoms with E-state index in [1.165, 1.54) is 0 Å². The van der Waals surface area contributed by atoms with Crippen molar-refractivity contribution in [1.82, 2.24) is 10.3 Å². The number of hydrogen-bond donors (Lipinski definition) is 2. The number of benzene rings is 1. The number of amides is 1. The number of carbonyl (C=O) groups is 1.